The first-order valence-corrected chi connectivity index (χ1v) is 11.2. The summed E-state index contributed by atoms with van der Waals surface area (Å²) < 4.78 is 5.51. The second-order valence-corrected chi connectivity index (χ2v) is 8.33. The molecule has 4 rings (SSSR count). The number of carbonyl (C=O) groups excluding carboxylic acids is 1. The zero-order valence-corrected chi connectivity index (χ0v) is 19.2. The number of nitrogens with one attached hydrogen (secondary N) is 1. The van der Waals surface area contributed by atoms with Crippen LogP contribution < -0.4 is 5.32 Å². The molecule has 1 amide bonds. The molecule has 0 saturated heterocycles. The normalized spacial score (nSPS) is 14.2. The van der Waals surface area contributed by atoms with E-state index >= 15 is 0 Å². The summed E-state index contributed by atoms with van der Waals surface area (Å²) >= 11 is 0. The summed E-state index contributed by atoms with van der Waals surface area (Å²) in [5.41, 5.74) is 5.39. The van der Waals surface area contributed by atoms with Crippen molar-refractivity contribution < 1.29 is 24.3 Å². The average molecular weight is 461 g/mol. The summed E-state index contributed by atoms with van der Waals surface area (Å²) in [4.78, 5) is 30.2. The van der Waals surface area contributed by atoms with Gasteiger partial charge in [-0.3, -0.25) is 4.84 Å². The Hall–Kier alpha value is -3.68. The number of alkyl carbamates (subject to hydrolysis) is 1. The van der Waals surface area contributed by atoms with Crippen molar-refractivity contribution in [2.24, 2.45) is 0 Å². The lowest BCUT2D eigenvalue weighted by molar-refractivity contribution is -0.185. The Labute approximate surface area is 198 Å². The molecule has 0 saturated carbocycles. The molecule has 176 valence electrons. The first-order chi connectivity index (χ1) is 16.5. The minimum absolute atomic E-state index is 0.101. The minimum atomic E-state index is -1.21. The molecular formula is C27H28N2O5. The lowest BCUT2D eigenvalue weighted by Crippen LogP contribution is -2.53. The van der Waals surface area contributed by atoms with Gasteiger partial charge in [-0.1, -0.05) is 78.9 Å². The number of carboxylic acids is 1. The highest BCUT2D eigenvalue weighted by molar-refractivity contribution is 5.81. The number of likely N-dealkylation sites (N-methyl/N-ethyl adjacent to an activating group) is 1. The monoisotopic (exact) mass is 460 g/mol. The number of carbonyl (C=O) groups is 2. The summed E-state index contributed by atoms with van der Waals surface area (Å²) in [5.74, 6) is -1.27. The van der Waals surface area contributed by atoms with Gasteiger partial charge in [0.2, 0.25) is 0 Å². The number of nitrogens with zero attached hydrogens (tertiary/aromatic N) is 1. The Balaban J connectivity index is 1.36. The fourth-order valence-corrected chi connectivity index (χ4v) is 4.23. The number of hydrogen-bond donors (Lipinski definition) is 2. The number of carboxylic acid groups (broad SMARTS) is 1. The third-order valence-electron chi connectivity index (χ3n) is 6.22. The minimum Gasteiger partial charge on any atom is -0.480 e. The quantitative estimate of drug-likeness (QED) is 0.460. The van der Waals surface area contributed by atoms with Gasteiger partial charge >= 0.3 is 12.1 Å². The molecule has 1 aliphatic rings. The van der Waals surface area contributed by atoms with Gasteiger partial charge in [0, 0.05) is 13.0 Å². The van der Waals surface area contributed by atoms with Crippen molar-refractivity contribution in [1.82, 2.24) is 10.4 Å². The lowest BCUT2D eigenvalue weighted by Gasteiger charge is -2.29. The van der Waals surface area contributed by atoms with Crippen LogP contribution in [0.2, 0.25) is 0 Å². The molecule has 0 aliphatic heterocycles. The Morgan fingerprint density at radius 1 is 0.941 bits per heavy atom. The van der Waals surface area contributed by atoms with Crippen LogP contribution in [0.1, 0.15) is 29.5 Å². The third-order valence-corrected chi connectivity index (χ3v) is 6.22. The van der Waals surface area contributed by atoms with E-state index in [2.05, 4.69) is 17.4 Å². The van der Waals surface area contributed by atoms with Gasteiger partial charge in [-0.15, -0.1) is 0 Å². The SMILES string of the molecule is CC(C(NC(=O)OCC1c2ccccc2-c2ccccc21)C(=O)O)N(C)OCc1ccccc1. The molecule has 0 radical (unpaired) electrons. The maximum absolute atomic E-state index is 12.6. The smallest absolute Gasteiger partial charge is 0.407 e. The first kappa shape index (κ1) is 23.5. The van der Waals surface area contributed by atoms with Crippen molar-refractivity contribution >= 4 is 12.1 Å². The number of aliphatic carboxylic acids is 1. The van der Waals surface area contributed by atoms with E-state index in [1.54, 1.807) is 14.0 Å². The molecule has 2 atom stereocenters. The van der Waals surface area contributed by atoms with Crippen molar-refractivity contribution in [1.29, 1.82) is 0 Å². The molecule has 3 aromatic rings. The molecule has 2 unspecified atom stereocenters. The van der Waals surface area contributed by atoms with Crippen LogP contribution in [0.3, 0.4) is 0 Å². The van der Waals surface area contributed by atoms with Crippen LogP contribution in [0, 0.1) is 0 Å². The van der Waals surface area contributed by atoms with E-state index in [0.717, 1.165) is 27.8 Å². The molecule has 1 aliphatic carbocycles. The number of rotatable bonds is 9. The van der Waals surface area contributed by atoms with E-state index in [9.17, 15) is 14.7 Å². The number of benzene rings is 3. The molecule has 7 nitrogen and oxygen atoms in total. The number of amides is 1. The van der Waals surface area contributed by atoms with Crippen LogP contribution in [0.25, 0.3) is 11.1 Å². The third kappa shape index (κ3) is 5.11. The fourth-order valence-electron chi connectivity index (χ4n) is 4.23. The van der Waals surface area contributed by atoms with Crippen molar-refractivity contribution in [2.45, 2.75) is 31.5 Å². The largest absolute Gasteiger partial charge is 0.480 e. The van der Waals surface area contributed by atoms with Crippen molar-refractivity contribution in [2.75, 3.05) is 13.7 Å². The first-order valence-electron chi connectivity index (χ1n) is 11.2. The molecule has 2 N–H and O–H groups in total. The predicted octanol–water partition coefficient (Wildman–Crippen LogP) is 4.43. The molecule has 0 spiro atoms. The maximum atomic E-state index is 12.6. The fraction of sp³-hybridized carbons (Fsp3) is 0.259. The van der Waals surface area contributed by atoms with E-state index in [0.29, 0.717) is 6.61 Å². The molecule has 0 bridgehead atoms. The van der Waals surface area contributed by atoms with Gasteiger partial charge in [0.05, 0.1) is 12.6 Å². The van der Waals surface area contributed by atoms with Crippen LogP contribution in [0.4, 0.5) is 4.79 Å². The van der Waals surface area contributed by atoms with E-state index in [4.69, 9.17) is 9.57 Å². The molecule has 7 heteroatoms. The van der Waals surface area contributed by atoms with E-state index < -0.39 is 24.1 Å². The second kappa shape index (κ2) is 10.5. The van der Waals surface area contributed by atoms with Gasteiger partial charge in [-0.25, -0.2) is 9.59 Å². The summed E-state index contributed by atoms with van der Waals surface area (Å²) in [7, 11) is 1.64. The number of hydroxylamine groups is 2. The second-order valence-electron chi connectivity index (χ2n) is 8.33. The van der Waals surface area contributed by atoms with Gasteiger partial charge in [0.25, 0.3) is 0 Å². The highest BCUT2D eigenvalue weighted by Gasteiger charge is 2.32. The van der Waals surface area contributed by atoms with Gasteiger partial charge in [0.15, 0.2) is 0 Å². The van der Waals surface area contributed by atoms with Gasteiger partial charge < -0.3 is 15.2 Å². The zero-order valence-electron chi connectivity index (χ0n) is 19.2. The van der Waals surface area contributed by atoms with Crippen LogP contribution in [-0.2, 0) is 21.0 Å². The number of ether oxygens (including phenoxy) is 1. The molecule has 0 fully saturated rings. The Bertz CT molecular complexity index is 1110. The van der Waals surface area contributed by atoms with Crippen LogP contribution in [0.15, 0.2) is 78.9 Å². The van der Waals surface area contributed by atoms with Crippen LogP contribution in [-0.4, -0.2) is 48.0 Å². The van der Waals surface area contributed by atoms with Crippen LogP contribution in [0.5, 0.6) is 0 Å². The Kier molecular flexibility index (Phi) is 7.25. The molecule has 34 heavy (non-hydrogen) atoms. The van der Waals surface area contributed by atoms with Gasteiger partial charge in [0.1, 0.15) is 12.6 Å². The highest BCUT2D eigenvalue weighted by atomic mass is 16.7. The van der Waals surface area contributed by atoms with Gasteiger partial charge in [-0.2, -0.15) is 5.06 Å². The summed E-state index contributed by atoms with van der Waals surface area (Å²) in [6.45, 7) is 2.08. The summed E-state index contributed by atoms with van der Waals surface area (Å²) in [5, 5.41) is 13.6. The Morgan fingerprint density at radius 2 is 1.50 bits per heavy atom. The zero-order chi connectivity index (χ0) is 24.1. The lowest BCUT2D eigenvalue weighted by atomic mass is 9.98. The van der Waals surface area contributed by atoms with Crippen molar-refractivity contribution in [3.8, 4) is 11.1 Å². The Morgan fingerprint density at radius 3 is 2.09 bits per heavy atom. The molecular weight excluding hydrogens is 432 g/mol. The maximum Gasteiger partial charge on any atom is 0.407 e. The predicted molar refractivity (Wildman–Crippen MR) is 128 cm³/mol. The van der Waals surface area contributed by atoms with Crippen molar-refractivity contribution in [3.05, 3.63) is 95.6 Å². The van der Waals surface area contributed by atoms with Crippen LogP contribution >= 0.6 is 0 Å². The molecule has 3 aromatic carbocycles. The number of fused-ring (bicyclic) bond motifs is 3. The standard InChI is InChI=1S/C27H28N2O5/c1-18(29(2)34-16-19-10-4-3-5-11-19)25(26(30)31)28-27(32)33-17-24-22-14-8-6-12-20(22)21-13-7-9-15-23(21)24/h3-15,18,24-25H,16-17H2,1-2H3,(H,28,32)(H,30,31). The van der Waals surface area contributed by atoms with Gasteiger partial charge in [-0.05, 0) is 34.7 Å². The molecule has 0 aromatic heterocycles. The van der Waals surface area contributed by atoms with E-state index in [1.807, 2.05) is 66.7 Å². The summed E-state index contributed by atoms with van der Waals surface area (Å²) in [6.07, 6.45) is -0.780. The molecule has 0 heterocycles. The highest BCUT2D eigenvalue weighted by Crippen LogP contribution is 2.44. The number of hydrogen-bond acceptors (Lipinski definition) is 5. The topological polar surface area (TPSA) is 88.1 Å². The van der Waals surface area contributed by atoms with E-state index in [-0.39, 0.29) is 12.5 Å². The van der Waals surface area contributed by atoms with Crippen molar-refractivity contribution in [3.63, 3.8) is 0 Å². The summed E-state index contributed by atoms with van der Waals surface area (Å²) in [6, 6.07) is 23.8. The average Bonchev–Trinajstić information content (AvgIpc) is 3.18. The van der Waals surface area contributed by atoms with E-state index in [1.165, 1.54) is 5.06 Å².